The molecule has 0 fully saturated rings. The lowest BCUT2D eigenvalue weighted by Gasteiger charge is -1.91. The van der Waals surface area contributed by atoms with E-state index in [-0.39, 0.29) is 11.9 Å². The van der Waals surface area contributed by atoms with Gasteiger partial charge in [-0.3, -0.25) is 4.79 Å². The highest BCUT2D eigenvalue weighted by molar-refractivity contribution is 5.78. The highest BCUT2D eigenvalue weighted by Crippen LogP contribution is 2.07. The maximum Gasteiger partial charge on any atom is 0.302 e. The number of nitrogens with two attached hydrogens (primary N) is 2. The molecule has 0 unspecified atom stereocenters. The van der Waals surface area contributed by atoms with E-state index in [1.165, 1.54) is 14.0 Å². The van der Waals surface area contributed by atoms with E-state index in [1.54, 1.807) is 0 Å². The predicted octanol–water partition coefficient (Wildman–Crippen LogP) is 1.80. The zero-order valence-electron chi connectivity index (χ0n) is 10.8. The summed E-state index contributed by atoms with van der Waals surface area (Å²) < 4.78 is 4.11. The summed E-state index contributed by atoms with van der Waals surface area (Å²) in [6.07, 6.45) is 0. The quantitative estimate of drug-likeness (QED) is 0.444. The molecule has 0 aromatic heterocycles. The van der Waals surface area contributed by atoms with Crippen molar-refractivity contribution in [1.82, 2.24) is 0 Å². The highest BCUT2D eigenvalue weighted by Gasteiger charge is 1.83. The second kappa shape index (κ2) is 12.0. The average Bonchev–Trinajstić information content (AvgIpc) is 2.33. The van der Waals surface area contributed by atoms with Gasteiger partial charge in [-0.1, -0.05) is 32.0 Å². The van der Waals surface area contributed by atoms with Gasteiger partial charge in [0.15, 0.2) is 5.96 Å². The summed E-state index contributed by atoms with van der Waals surface area (Å²) in [6.45, 7) is 5.36. The van der Waals surface area contributed by atoms with Gasteiger partial charge in [-0.25, -0.2) is 4.99 Å². The van der Waals surface area contributed by atoms with Gasteiger partial charge in [0.1, 0.15) is 0 Å². The molecule has 5 nitrogen and oxygen atoms in total. The van der Waals surface area contributed by atoms with E-state index in [9.17, 15) is 4.79 Å². The molecule has 1 aromatic carbocycles. The zero-order valence-corrected chi connectivity index (χ0v) is 10.8. The number of rotatable bonds is 1. The fraction of sp³-hybridized carbons (Fsp3) is 0.333. The van der Waals surface area contributed by atoms with Crippen molar-refractivity contribution < 1.29 is 9.53 Å². The summed E-state index contributed by atoms with van der Waals surface area (Å²) in [4.78, 5) is 13.4. The number of aliphatic imine (C=N–C) groups is 1. The fourth-order valence-electron chi connectivity index (χ4n) is 0.652. The van der Waals surface area contributed by atoms with E-state index < -0.39 is 0 Å². The van der Waals surface area contributed by atoms with Crippen molar-refractivity contribution in [2.75, 3.05) is 7.11 Å². The van der Waals surface area contributed by atoms with Crippen LogP contribution in [0.4, 0.5) is 5.69 Å². The lowest BCUT2D eigenvalue weighted by molar-refractivity contribution is -0.137. The van der Waals surface area contributed by atoms with Gasteiger partial charge >= 0.3 is 5.97 Å². The molecule has 0 aliphatic carbocycles. The summed E-state index contributed by atoms with van der Waals surface area (Å²) in [5.74, 6) is -0.156. The number of hydrogen-bond acceptors (Lipinski definition) is 3. The van der Waals surface area contributed by atoms with Crippen LogP contribution in [0.15, 0.2) is 35.3 Å². The van der Waals surface area contributed by atoms with Gasteiger partial charge in [0.25, 0.3) is 0 Å². The molecular formula is C12H21N3O2. The molecule has 0 bridgehead atoms. The van der Waals surface area contributed by atoms with Crippen LogP contribution in [0.3, 0.4) is 0 Å². The van der Waals surface area contributed by atoms with Gasteiger partial charge < -0.3 is 16.2 Å². The number of hydrogen-bond donors (Lipinski definition) is 2. The van der Waals surface area contributed by atoms with E-state index in [1.807, 2.05) is 44.2 Å². The van der Waals surface area contributed by atoms with Crippen LogP contribution < -0.4 is 11.5 Å². The number of guanidine groups is 1. The smallest absolute Gasteiger partial charge is 0.302 e. The summed E-state index contributed by atoms with van der Waals surface area (Å²) in [5.41, 5.74) is 11.1. The molecule has 0 saturated heterocycles. The number of methoxy groups -OCH3 is 1. The van der Waals surface area contributed by atoms with E-state index in [2.05, 4.69) is 9.73 Å². The standard InChI is InChI=1S/C7H9N3.C3H6O2.C2H6/c8-7(9)10-6-4-2-1-3-5-6;1-3(4)5-2;1-2/h1-5H,(H4,8,9,10);1-2H3;1-2H3. The monoisotopic (exact) mass is 239 g/mol. The van der Waals surface area contributed by atoms with Crippen LogP contribution >= 0.6 is 0 Å². The largest absolute Gasteiger partial charge is 0.469 e. The number of benzene rings is 1. The van der Waals surface area contributed by atoms with Crippen molar-refractivity contribution in [3.63, 3.8) is 0 Å². The number of ether oxygens (including phenoxy) is 1. The topological polar surface area (TPSA) is 90.7 Å². The first-order chi connectivity index (χ1) is 8.06. The maximum absolute atomic E-state index is 9.59. The Hall–Kier alpha value is -2.04. The van der Waals surface area contributed by atoms with Crippen molar-refractivity contribution >= 4 is 17.6 Å². The minimum atomic E-state index is -0.245. The summed E-state index contributed by atoms with van der Waals surface area (Å²) in [6, 6.07) is 9.33. The Labute approximate surface area is 102 Å². The molecule has 96 valence electrons. The molecule has 17 heavy (non-hydrogen) atoms. The average molecular weight is 239 g/mol. The van der Waals surface area contributed by atoms with E-state index in [4.69, 9.17) is 11.5 Å². The van der Waals surface area contributed by atoms with E-state index in [0.29, 0.717) is 0 Å². The lowest BCUT2D eigenvalue weighted by Crippen LogP contribution is -2.21. The van der Waals surface area contributed by atoms with Crippen LogP contribution in [0.1, 0.15) is 20.8 Å². The minimum Gasteiger partial charge on any atom is -0.469 e. The van der Waals surface area contributed by atoms with Gasteiger partial charge in [0.05, 0.1) is 12.8 Å². The Balaban J connectivity index is 0. The van der Waals surface area contributed by atoms with Crippen LogP contribution in [0.2, 0.25) is 0 Å². The van der Waals surface area contributed by atoms with Gasteiger partial charge in [-0.05, 0) is 12.1 Å². The normalized spacial score (nSPS) is 7.53. The summed E-state index contributed by atoms with van der Waals surface area (Å²) >= 11 is 0. The second-order valence-corrected chi connectivity index (χ2v) is 2.57. The van der Waals surface area contributed by atoms with Crippen LogP contribution in [0.25, 0.3) is 0 Å². The molecule has 1 aromatic rings. The molecule has 4 N–H and O–H groups in total. The third-order valence-corrected chi connectivity index (χ3v) is 1.30. The first kappa shape index (κ1) is 17.4. The number of esters is 1. The Bertz CT molecular complexity index is 320. The molecule has 0 amide bonds. The van der Waals surface area contributed by atoms with Crippen LogP contribution in [-0.2, 0) is 9.53 Å². The molecule has 0 heterocycles. The molecule has 1 rings (SSSR count). The Morgan fingerprint density at radius 2 is 1.59 bits per heavy atom. The molecule has 0 spiro atoms. The number of carbonyl (C=O) groups excluding carboxylic acids is 1. The maximum atomic E-state index is 9.59. The lowest BCUT2D eigenvalue weighted by atomic mass is 10.3. The highest BCUT2D eigenvalue weighted by atomic mass is 16.5. The van der Waals surface area contributed by atoms with Crippen molar-refractivity contribution in [2.45, 2.75) is 20.8 Å². The van der Waals surface area contributed by atoms with Crippen molar-refractivity contribution in [3.8, 4) is 0 Å². The number of nitrogens with zero attached hydrogens (tertiary/aromatic N) is 1. The third-order valence-electron chi connectivity index (χ3n) is 1.30. The minimum absolute atomic E-state index is 0.0891. The predicted molar refractivity (Wildman–Crippen MR) is 70.9 cm³/mol. The van der Waals surface area contributed by atoms with Crippen LogP contribution in [0, 0.1) is 0 Å². The zero-order chi connectivity index (χ0) is 13.7. The van der Waals surface area contributed by atoms with E-state index >= 15 is 0 Å². The Kier molecular flexibility index (Phi) is 12.3. The molecule has 0 saturated carbocycles. The first-order valence-corrected chi connectivity index (χ1v) is 5.25. The van der Waals surface area contributed by atoms with E-state index in [0.717, 1.165) is 5.69 Å². The number of carbonyl (C=O) groups is 1. The van der Waals surface area contributed by atoms with Crippen molar-refractivity contribution in [1.29, 1.82) is 0 Å². The van der Waals surface area contributed by atoms with Gasteiger partial charge in [0.2, 0.25) is 0 Å². The SMILES string of the molecule is CC.COC(C)=O.NC(N)=Nc1ccccc1. The van der Waals surface area contributed by atoms with Crippen molar-refractivity contribution in [3.05, 3.63) is 30.3 Å². The molecule has 0 aliphatic rings. The molecule has 0 atom stereocenters. The fourth-order valence-corrected chi connectivity index (χ4v) is 0.652. The summed E-state index contributed by atoms with van der Waals surface area (Å²) in [7, 11) is 1.35. The third kappa shape index (κ3) is 14.0. The number of para-hydroxylation sites is 1. The Morgan fingerprint density at radius 1 is 1.18 bits per heavy atom. The first-order valence-electron chi connectivity index (χ1n) is 5.25. The van der Waals surface area contributed by atoms with Gasteiger partial charge in [-0.2, -0.15) is 0 Å². The summed E-state index contributed by atoms with van der Waals surface area (Å²) in [5, 5.41) is 0. The van der Waals surface area contributed by atoms with Crippen LogP contribution in [0.5, 0.6) is 0 Å². The molecule has 0 aliphatic heterocycles. The second-order valence-electron chi connectivity index (χ2n) is 2.57. The molecule has 5 heteroatoms. The van der Waals surface area contributed by atoms with Gasteiger partial charge in [-0.15, -0.1) is 0 Å². The Morgan fingerprint density at radius 3 is 1.88 bits per heavy atom. The van der Waals surface area contributed by atoms with Gasteiger partial charge in [0, 0.05) is 6.92 Å². The molecular weight excluding hydrogens is 218 g/mol. The van der Waals surface area contributed by atoms with Crippen LogP contribution in [-0.4, -0.2) is 19.0 Å². The van der Waals surface area contributed by atoms with Crippen molar-refractivity contribution in [2.24, 2.45) is 16.5 Å². The molecule has 0 radical (unpaired) electrons.